The summed E-state index contributed by atoms with van der Waals surface area (Å²) in [6.07, 6.45) is 3.57. The quantitative estimate of drug-likeness (QED) is 0.653. The molecule has 0 spiro atoms. The van der Waals surface area contributed by atoms with Gasteiger partial charge in [-0.2, -0.15) is 0 Å². The van der Waals surface area contributed by atoms with E-state index in [4.69, 9.17) is 4.74 Å². The van der Waals surface area contributed by atoms with Crippen LogP contribution in [-0.2, 0) is 13.2 Å². The van der Waals surface area contributed by atoms with Crippen molar-refractivity contribution in [1.82, 2.24) is 4.98 Å². The molecule has 0 radical (unpaired) electrons. The first-order chi connectivity index (χ1) is 11.3. The molecule has 3 nitrogen and oxygen atoms in total. The average molecular weight is 322 g/mol. The second kappa shape index (κ2) is 7.70. The van der Waals surface area contributed by atoms with Gasteiger partial charge in [-0.25, -0.2) is 0 Å². The molecule has 3 rings (SSSR count). The van der Waals surface area contributed by atoms with Crippen molar-refractivity contribution in [1.29, 1.82) is 0 Å². The molecule has 23 heavy (non-hydrogen) atoms. The van der Waals surface area contributed by atoms with Gasteiger partial charge in [-0.05, 0) is 42.0 Å². The summed E-state index contributed by atoms with van der Waals surface area (Å²) in [5, 5.41) is 3.39. The van der Waals surface area contributed by atoms with Crippen LogP contribution in [0.4, 0.5) is 5.69 Å². The van der Waals surface area contributed by atoms with E-state index in [1.54, 1.807) is 6.20 Å². The van der Waals surface area contributed by atoms with Crippen LogP contribution >= 0.6 is 12.6 Å². The summed E-state index contributed by atoms with van der Waals surface area (Å²) in [5.41, 5.74) is 3.23. The molecule has 0 aliphatic carbocycles. The molecule has 0 saturated heterocycles. The van der Waals surface area contributed by atoms with Crippen molar-refractivity contribution in [2.24, 2.45) is 0 Å². The number of benzene rings is 2. The molecule has 0 saturated carbocycles. The van der Waals surface area contributed by atoms with Crippen molar-refractivity contribution in [3.63, 3.8) is 0 Å². The minimum Gasteiger partial charge on any atom is -0.489 e. The van der Waals surface area contributed by atoms with E-state index in [0.29, 0.717) is 13.2 Å². The number of hydrogen-bond acceptors (Lipinski definition) is 4. The molecule has 0 atom stereocenters. The van der Waals surface area contributed by atoms with Crippen LogP contribution in [0.5, 0.6) is 5.75 Å². The zero-order valence-electron chi connectivity index (χ0n) is 12.6. The minimum atomic E-state index is 0.505. The van der Waals surface area contributed by atoms with Crippen molar-refractivity contribution in [3.8, 4) is 5.75 Å². The molecule has 0 aliphatic heterocycles. The lowest BCUT2D eigenvalue weighted by atomic mass is 10.2. The van der Waals surface area contributed by atoms with E-state index in [1.165, 1.54) is 0 Å². The molecule has 0 fully saturated rings. The number of anilines is 1. The fourth-order valence-corrected chi connectivity index (χ4v) is 2.41. The summed E-state index contributed by atoms with van der Waals surface area (Å²) in [5.74, 6) is 0.830. The third-order valence-electron chi connectivity index (χ3n) is 3.44. The Labute approximate surface area is 141 Å². The molecule has 1 heterocycles. The molecular weight excluding hydrogens is 304 g/mol. The number of pyridine rings is 1. The standard InChI is InChI=1S/C19H18N2OS/c23-19-9-8-18(22-14-15-5-4-10-20-12-15)11-16(19)13-21-17-6-2-1-3-7-17/h1-12,21,23H,13-14H2. The Bertz CT molecular complexity index is 748. The minimum absolute atomic E-state index is 0.505. The van der Waals surface area contributed by atoms with E-state index in [0.717, 1.165) is 27.5 Å². The molecule has 0 bridgehead atoms. The van der Waals surface area contributed by atoms with Gasteiger partial charge in [0.1, 0.15) is 12.4 Å². The smallest absolute Gasteiger partial charge is 0.120 e. The Morgan fingerprint density at radius 2 is 1.87 bits per heavy atom. The Morgan fingerprint density at radius 3 is 2.65 bits per heavy atom. The second-order valence-corrected chi connectivity index (χ2v) is 5.64. The van der Waals surface area contributed by atoms with E-state index in [1.807, 2.05) is 66.9 Å². The number of ether oxygens (including phenoxy) is 1. The predicted molar refractivity (Wildman–Crippen MR) is 96.0 cm³/mol. The number of aromatic nitrogens is 1. The lowest BCUT2D eigenvalue weighted by Gasteiger charge is -2.12. The lowest BCUT2D eigenvalue weighted by Crippen LogP contribution is -2.01. The van der Waals surface area contributed by atoms with E-state index in [9.17, 15) is 0 Å². The first kappa shape index (κ1) is 15.4. The third-order valence-corrected chi connectivity index (χ3v) is 3.87. The van der Waals surface area contributed by atoms with E-state index < -0.39 is 0 Å². The largest absolute Gasteiger partial charge is 0.489 e. The Balaban J connectivity index is 1.64. The zero-order valence-corrected chi connectivity index (χ0v) is 13.5. The number of hydrogen-bond donors (Lipinski definition) is 2. The van der Waals surface area contributed by atoms with Crippen LogP contribution in [0.15, 0.2) is 78.0 Å². The highest BCUT2D eigenvalue weighted by Crippen LogP contribution is 2.22. The van der Waals surface area contributed by atoms with Crippen molar-refractivity contribution in [3.05, 3.63) is 84.2 Å². The predicted octanol–water partition coefficient (Wildman–Crippen LogP) is 4.56. The molecule has 1 N–H and O–H groups in total. The van der Waals surface area contributed by atoms with Gasteiger partial charge in [0.25, 0.3) is 0 Å². The summed E-state index contributed by atoms with van der Waals surface area (Å²) in [7, 11) is 0. The van der Waals surface area contributed by atoms with Crippen molar-refractivity contribution in [2.45, 2.75) is 18.0 Å². The van der Waals surface area contributed by atoms with Gasteiger partial charge in [-0.1, -0.05) is 24.3 Å². The normalized spacial score (nSPS) is 10.3. The molecule has 116 valence electrons. The van der Waals surface area contributed by atoms with E-state index in [2.05, 4.69) is 22.9 Å². The average Bonchev–Trinajstić information content (AvgIpc) is 2.62. The van der Waals surface area contributed by atoms with Gasteiger partial charge < -0.3 is 10.1 Å². The van der Waals surface area contributed by atoms with Crippen LogP contribution < -0.4 is 10.1 Å². The van der Waals surface area contributed by atoms with Gasteiger partial charge in [-0.15, -0.1) is 12.6 Å². The van der Waals surface area contributed by atoms with Crippen LogP contribution in [-0.4, -0.2) is 4.98 Å². The maximum absolute atomic E-state index is 5.84. The number of para-hydroxylation sites is 1. The van der Waals surface area contributed by atoms with E-state index in [-0.39, 0.29) is 0 Å². The van der Waals surface area contributed by atoms with Gasteiger partial charge in [0, 0.05) is 35.1 Å². The molecule has 0 amide bonds. The van der Waals surface area contributed by atoms with Crippen LogP contribution in [0, 0.1) is 0 Å². The molecule has 4 heteroatoms. The topological polar surface area (TPSA) is 34.1 Å². The van der Waals surface area contributed by atoms with Gasteiger partial charge >= 0.3 is 0 Å². The van der Waals surface area contributed by atoms with E-state index >= 15 is 0 Å². The Kier molecular flexibility index (Phi) is 5.17. The first-order valence-electron chi connectivity index (χ1n) is 7.44. The van der Waals surface area contributed by atoms with Crippen LogP contribution in [0.2, 0.25) is 0 Å². The second-order valence-electron chi connectivity index (χ2n) is 5.16. The SMILES string of the molecule is Sc1ccc(OCc2cccnc2)cc1CNc1ccccc1. The monoisotopic (exact) mass is 322 g/mol. The van der Waals surface area contributed by atoms with Crippen LogP contribution in [0.25, 0.3) is 0 Å². The lowest BCUT2D eigenvalue weighted by molar-refractivity contribution is 0.305. The third kappa shape index (κ3) is 4.50. The summed E-state index contributed by atoms with van der Waals surface area (Å²) in [6, 6.07) is 19.9. The number of rotatable bonds is 6. The molecule has 1 aromatic heterocycles. The van der Waals surface area contributed by atoms with Gasteiger partial charge in [0.15, 0.2) is 0 Å². The number of nitrogens with zero attached hydrogens (tertiary/aromatic N) is 1. The number of nitrogens with one attached hydrogen (secondary N) is 1. The highest BCUT2D eigenvalue weighted by Gasteiger charge is 2.03. The molecule has 3 aromatic rings. The maximum Gasteiger partial charge on any atom is 0.120 e. The Morgan fingerprint density at radius 1 is 1.00 bits per heavy atom. The maximum atomic E-state index is 5.84. The van der Waals surface area contributed by atoms with Gasteiger partial charge in [0.05, 0.1) is 0 Å². The molecular formula is C19H18N2OS. The number of thiol groups is 1. The molecule has 2 aromatic carbocycles. The van der Waals surface area contributed by atoms with Crippen LogP contribution in [0.1, 0.15) is 11.1 Å². The van der Waals surface area contributed by atoms with Gasteiger partial charge in [-0.3, -0.25) is 4.98 Å². The fraction of sp³-hybridized carbons (Fsp3) is 0.105. The summed E-state index contributed by atoms with van der Waals surface area (Å²) >= 11 is 4.52. The highest BCUT2D eigenvalue weighted by atomic mass is 32.1. The fourth-order valence-electron chi connectivity index (χ4n) is 2.20. The summed E-state index contributed by atoms with van der Waals surface area (Å²) in [6.45, 7) is 1.21. The zero-order chi connectivity index (χ0) is 15.9. The van der Waals surface area contributed by atoms with Crippen molar-refractivity contribution < 1.29 is 4.74 Å². The summed E-state index contributed by atoms with van der Waals surface area (Å²) < 4.78 is 5.84. The van der Waals surface area contributed by atoms with Crippen molar-refractivity contribution >= 4 is 18.3 Å². The summed E-state index contributed by atoms with van der Waals surface area (Å²) in [4.78, 5) is 5.04. The van der Waals surface area contributed by atoms with Crippen LogP contribution in [0.3, 0.4) is 0 Å². The molecule has 0 aliphatic rings. The van der Waals surface area contributed by atoms with Gasteiger partial charge in [0.2, 0.25) is 0 Å². The van der Waals surface area contributed by atoms with Crippen molar-refractivity contribution in [2.75, 3.05) is 5.32 Å². The highest BCUT2D eigenvalue weighted by molar-refractivity contribution is 7.80. The Hall–Kier alpha value is -2.46. The molecule has 0 unspecified atom stereocenters. The first-order valence-corrected chi connectivity index (χ1v) is 7.88.